The van der Waals surface area contributed by atoms with Crippen molar-refractivity contribution in [3.63, 3.8) is 0 Å². The van der Waals surface area contributed by atoms with Gasteiger partial charge in [0.15, 0.2) is 0 Å². The van der Waals surface area contributed by atoms with Crippen molar-refractivity contribution >= 4 is 17.7 Å². The van der Waals surface area contributed by atoms with Crippen LogP contribution in [0.2, 0.25) is 0 Å². The van der Waals surface area contributed by atoms with Crippen LogP contribution in [-0.2, 0) is 17.9 Å². The van der Waals surface area contributed by atoms with E-state index in [1.54, 1.807) is 24.3 Å². The molecule has 6 nitrogen and oxygen atoms in total. The van der Waals surface area contributed by atoms with E-state index in [9.17, 15) is 9.59 Å². The van der Waals surface area contributed by atoms with E-state index < -0.39 is 5.97 Å². The van der Waals surface area contributed by atoms with Gasteiger partial charge in [0.1, 0.15) is 5.75 Å². The molecule has 0 aromatic heterocycles. The third-order valence-corrected chi connectivity index (χ3v) is 3.03. The molecule has 0 unspecified atom stereocenters. The zero-order chi connectivity index (χ0) is 16.7. The number of carbonyl (C=O) groups excluding carboxylic acids is 2. The van der Waals surface area contributed by atoms with Crippen LogP contribution in [0.3, 0.4) is 0 Å². The molecule has 0 heterocycles. The number of urea groups is 1. The molecule has 0 saturated heterocycles. The molecule has 0 bridgehead atoms. The summed E-state index contributed by atoms with van der Waals surface area (Å²) in [4.78, 5) is 22.8. The number of nitrogens with one attached hydrogen (secondary N) is 2. The van der Waals surface area contributed by atoms with Crippen LogP contribution >= 0.6 is 0 Å². The van der Waals surface area contributed by atoms with Gasteiger partial charge in [-0.25, -0.2) is 4.79 Å². The Balaban J connectivity index is 1.90. The van der Waals surface area contributed by atoms with E-state index in [0.29, 0.717) is 24.5 Å². The highest BCUT2D eigenvalue weighted by atomic mass is 16.5. The molecule has 2 amide bonds. The Labute approximate surface area is 134 Å². The van der Waals surface area contributed by atoms with Crippen molar-refractivity contribution in [3.05, 3.63) is 59.7 Å². The summed E-state index contributed by atoms with van der Waals surface area (Å²) in [5, 5.41) is 5.45. The van der Waals surface area contributed by atoms with Crippen LogP contribution in [-0.4, -0.2) is 12.0 Å². The van der Waals surface area contributed by atoms with Crippen LogP contribution in [0.1, 0.15) is 18.1 Å². The highest BCUT2D eigenvalue weighted by Gasteiger charge is 2.04. The molecule has 0 spiro atoms. The molecule has 0 fully saturated rings. The molecular weight excluding hydrogens is 294 g/mol. The van der Waals surface area contributed by atoms with E-state index in [1.807, 2.05) is 24.3 Å². The minimum Gasteiger partial charge on any atom is -0.427 e. The van der Waals surface area contributed by atoms with Crippen molar-refractivity contribution in [2.75, 3.05) is 5.32 Å². The molecule has 4 N–H and O–H groups in total. The third kappa shape index (κ3) is 5.44. The zero-order valence-corrected chi connectivity index (χ0v) is 12.8. The van der Waals surface area contributed by atoms with E-state index in [2.05, 4.69) is 10.6 Å². The highest BCUT2D eigenvalue weighted by Crippen LogP contribution is 2.17. The fourth-order valence-corrected chi connectivity index (χ4v) is 2.03. The average Bonchev–Trinajstić information content (AvgIpc) is 2.53. The monoisotopic (exact) mass is 313 g/mol. The number of nitrogens with two attached hydrogens (primary N) is 1. The summed E-state index contributed by atoms with van der Waals surface area (Å²) in [6.45, 7) is 2.18. The van der Waals surface area contributed by atoms with Gasteiger partial charge >= 0.3 is 12.0 Å². The van der Waals surface area contributed by atoms with Crippen molar-refractivity contribution < 1.29 is 14.3 Å². The molecule has 0 aliphatic carbocycles. The smallest absolute Gasteiger partial charge is 0.319 e. The Morgan fingerprint density at radius 1 is 1.09 bits per heavy atom. The molecule has 2 aromatic carbocycles. The van der Waals surface area contributed by atoms with Crippen LogP contribution in [0, 0.1) is 0 Å². The average molecular weight is 313 g/mol. The number of carbonyl (C=O) groups is 2. The van der Waals surface area contributed by atoms with Crippen molar-refractivity contribution in [3.8, 4) is 5.75 Å². The molecule has 2 rings (SSSR count). The number of anilines is 1. The number of hydrogen-bond donors (Lipinski definition) is 3. The van der Waals surface area contributed by atoms with Crippen molar-refractivity contribution in [2.24, 2.45) is 5.73 Å². The van der Waals surface area contributed by atoms with E-state index in [1.165, 1.54) is 6.92 Å². The summed E-state index contributed by atoms with van der Waals surface area (Å²) in [5.41, 5.74) is 8.11. The standard InChI is InChI=1S/C17H19N3O3/c1-12(21)23-16-7-3-6-15(9-16)20-17(22)19-11-14-5-2-4-13(8-14)10-18/h2-9H,10-11,18H2,1H3,(H2,19,20,22). The van der Waals surface area contributed by atoms with E-state index in [0.717, 1.165) is 11.1 Å². The SMILES string of the molecule is CC(=O)Oc1cccc(NC(=O)NCc2cccc(CN)c2)c1. The molecule has 0 radical (unpaired) electrons. The Morgan fingerprint density at radius 3 is 2.57 bits per heavy atom. The molecule has 23 heavy (non-hydrogen) atoms. The topological polar surface area (TPSA) is 93.4 Å². The molecule has 120 valence electrons. The second-order valence-corrected chi connectivity index (χ2v) is 4.95. The van der Waals surface area contributed by atoms with Crippen LogP contribution in [0.4, 0.5) is 10.5 Å². The van der Waals surface area contributed by atoms with E-state index in [4.69, 9.17) is 10.5 Å². The van der Waals surface area contributed by atoms with Gasteiger partial charge in [0, 0.05) is 31.8 Å². The molecular formula is C17H19N3O3. The summed E-state index contributed by atoms with van der Waals surface area (Å²) < 4.78 is 4.97. The lowest BCUT2D eigenvalue weighted by atomic mass is 10.1. The van der Waals surface area contributed by atoms with Crippen molar-refractivity contribution in [2.45, 2.75) is 20.0 Å². The molecule has 6 heteroatoms. The summed E-state index contributed by atoms with van der Waals surface area (Å²) in [7, 11) is 0. The minimum absolute atomic E-state index is 0.344. The number of amides is 2. The van der Waals surface area contributed by atoms with Crippen LogP contribution in [0.5, 0.6) is 5.75 Å². The van der Waals surface area contributed by atoms with Gasteiger partial charge in [-0.3, -0.25) is 4.79 Å². The number of esters is 1. The first-order valence-electron chi connectivity index (χ1n) is 7.18. The summed E-state index contributed by atoms with van der Waals surface area (Å²) >= 11 is 0. The maximum absolute atomic E-state index is 11.9. The Bertz CT molecular complexity index is 701. The lowest BCUT2D eigenvalue weighted by Crippen LogP contribution is -2.28. The van der Waals surface area contributed by atoms with Gasteiger partial charge in [0.2, 0.25) is 0 Å². The lowest BCUT2D eigenvalue weighted by molar-refractivity contribution is -0.131. The van der Waals surface area contributed by atoms with E-state index in [-0.39, 0.29) is 6.03 Å². The molecule has 0 atom stereocenters. The van der Waals surface area contributed by atoms with Gasteiger partial charge in [0.05, 0.1) is 0 Å². The fraction of sp³-hybridized carbons (Fsp3) is 0.176. The Kier molecular flexibility index (Phi) is 5.71. The summed E-state index contributed by atoms with van der Waals surface area (Å²) in [6.07, 6.45) is 0. The number of benzene rings is 2. The predicted molar refractivity (Wildman–Crippen MR) is 87.9 cm³/mol. The molecule has 0 aliphatic rings. The highest BCUT2D eigenvalue weighted by molar-refractivity contribution is 5.89. The summed E-state index contributed by atoms with van der Waals surface area (Å²) in [6, 6.07) is 14.0. The van der Waals surface area contributed by atoms with Gasteiger partial charge in [-0.2, -0.15) is 0 Å². The first-order chi connectivity index (χ1) is 11.1. The van der Waals surface area contributed by atoms with Gasteiger partial charge in [-0.15, -0.1) is 0 Å². The maximum Gasteiger partial charge on any atom is 0.319 e. The Morgan fingerprint density at radius 2 is 1.83 bits per heavy atom. The van der Waals surface area contributed by atoms with Crippen molar-refractivity contribution in [1.29, 1.82) is 0 Å². The third-order valence-electron chi connectivity index (χ3n) is 3.03. The van der Waals surface area contributed by atoms with Crippen LogP contribution in [0.15, 0.2) is 48.5 Å². The number of rotatable bonds is 5. The van der Waals surface area contributed by atoms with E-state index >= 15 is 0 Å². The largest absolute Gasteiger partial charge is 0.427 e. The van der Waals surface area contributed by atoms with Crippen LogP contribution < -0.4 is 21.1 Å². The molecule has 0 aliphatic heterocycles. The molecule has 2 aromatic rings. The molecule has 0 saturated carbocycles. The normalized spacial score (nSPS) is 10.0. The van der Waals surface area contributed by atoms with Gasteiger partial charge in [-0.1, -0.05) is 30.3 Å². The van der Waals surface area contributed by atoms with Crippen molar-refractivity contribution in [1.82, 2.24) is 5.32 Å². The van der Waals surface area contributed by atoms with Gasteiger partial charge in [0.25, 0.3) is 0 Å². The second-order valence-electron chi connectivity index (χ2n) is 4.95. The predicted octanol–water partition coefficient (Wildman–Crippen LogP) is 2.39. The Hall–Kier alpha value is -2.86. The van der Waals surface area contributed by atoms with Gasteiger partial charge in [-0.05, 0) is 23.3 Å². The fourth-order valence-electron chi connectivity index (χ4n) is 2.03. The minimum atomic E-state index is -0.411. The quantitative estimate of drug-likeness (QED) is 0.583. The first kappa shape index (κ1) is 16.5. The second kappa shape index (κ2) is 7.95. The first-order valence-corrected chi connectivity index (χ1v) is 7.18. The maximum atomic E-state index is 11.9. The van der Waals surface area contributed by atoms with Crippen LogP contribution in [0.25, 0.3) is 0 Å². The summed E-state index contributed by atoms with van der Waals surface area (Å²) in [5.74, 6) is -0.0302. The lowest BCUT2D eigenvalue weighted by Gasteiger charge is -2.09. The number of hydrogen-bond acceptors (Lipinski definition) is 4. The number of ether oxygens (including phenoxy) is 1. The van der Waals surface area contributed by atoms with Gasteiger partial charge < -0.3 is 21.1 Å². The zero-order valence-electron chi connectivity index (χ0n) is 12.8.